The highest BCUT2D eigenvalue weighted by molar-refractivity contribution is 5.90. The van der Waals surface area contributed by atoms with Crippen molar-refractivity contribution in [2.24, 2.45) is 11.3 Å². The Morgan fingerprint density at radius 1 is 1.35 bits per heavy atom. The van der Waals surface area contributed by atoms with Gasteiger partial charge in [-0.25, -0.2) is 0 Å². The molecular weight excluding hydrogens is 256 g/mol. The Bertz CT molecular complexity index is 375. The molecule has 0 aromatic heterocycles. The maximum Gasteiger partial charge on any atom is 0.245 e. The highest BCUT2D eigenvalue weighted by atomic mass is 16.5. The maximum atomic E-state index is 12.6. The molecule has 2 aliphatic rings. The van der Waals surface area contributed by atoms with Crippen LogP contribution in [0.25, 0.3) is 0 Å². The summed E-state index contributed by atoms with van der Waals surface area (Å²) < 4.78 is 5.41. The summed E-state index contributed by atoms with van der Waals surface area (Å²) in [5.41, 5.74) is 0.114. The van der Waals surface area contributed by atoms with E-state index in [1.54, 1.807) is 0 Å². The molecule has 5 heteroatoms. The van der Waals surface area contributed by atoms with E-state index in [0.29, 0.717) is 13.0 Å². The van der Waals surface area contributed by atoms with Crippen molar-refractivity contribution in [2.45, 2.75) is 46.1 Å². The van der Waals surface area contributed by atoms with Crippen molar-refractivity contribution in [3.05, 3.63) is 0 Å². The summed E-state index contributed by atoms with van der Waals surface area (Å²) in [6, 6.07) is -0.381. The molecule has 114 valence electrons. The number of amides is 2. The number of hydrogen-bond acceptors (Lipinski definition) is 3. The van der Waals surface area contributed by atoms with Crippen LogP contribution in [-0.2, 0) is 14.3 Å². The fourth-order valence-electron chi connectivity index (χ4n) is 2.94. The first-order chi connectivity index (χ1) is 9.41. The fourth-order valence-corrected chi connectivity index (χ4v) is 2.94. The summed E-state index contributed by atoms with van der Waals surface area (Å²) >= 11 is 0. The molecule has 0 bridgehead atoms. The molecule has 2 rings (SSSR count). The van der Waals surface area contributed by atoms with Gasteiger partial charge in [0.2, 0.25) is 11.8 Å². The Morgan fingerprint density at radius 3 is 2.60 bits per heavy atom. The molecule has 0 aromatic carbocycles. The topological polar surface area (TPSA) is 58.6 Å². The van der Waals surface area contributed by atoms with E-state index in [1.165, 1.54) is 0 Å². The molecule has 1 unspecified atom stereocenters. The monoisotopic (exact) mass is 282 g/mol. The third kappa shape index (κ3) is 3.51. The summed E-state index contributed by atoms with van der Waals surface area (Å²) in [5, 5.41) is 2.85. The lowest BCUT2D eigenvalue weighted by Crippen LogP contribution is -2.50. The van der Waals surface area contributed by atoms with Crippen LogP contribution >= 0.6 is 0 Å². The zero-order valence-electron chi connectivity index (χ0n) is 12.8. The summed E-state index contributed by atoms with van der Waals surface area (Å²) in [6.45, 7) is 8.96. The summed E-state index contributed by atoms with van der Waals surface area (Å²) in [7, 11) is 0. The molecule has 0 radical (unpaired) electrons. The van der Waals surface area contributed by atoms with Gasteiger partial charge in [-0.1, -0.05) is 20.8 Å². The van der Waals surface area contributed by atoms with Gasteiger partial charge in [0, 0.05) is 32.7 Å². The first-order valence-corrected chi connectivity index (χ1v) is 7.57. The molecule has 2 fully saturated rings. The van der Waals surface area contributed by atoms with Crippen LogP contribution in [-0.4, -0.2) is 49.1 Å². The zero-order chi connectivity index (χ0) is 14.8. The molecular formula is C15H26N2O3. The summed E-state index contributed by atoms with van der Waals surface area (Å²) in [5.74, 6) is 0.171. The molecule has 5 nitrogen and oxygen atoms in total. The van der Waals surface area contributed by atoms with Crippen molar-refractivity contribution in [3.8, 4) is 0 Å². The highest BCUT2D eigenvalue weighted by Gasteiger charge is 2.36. The number of nitrogens with one attached hydrogen (secondary N) is 1. The third-order valence-electron chi connectivity index (χ3n) is 4.44. The Kier molecular flexibility index (Phi) is 4.68. The smallest absolute Gasteiger partial charge is 0.245 e. The SMILES string of the molecule is CC(C)C1NC(=O)CCN(CC2(C)CCOCC2)C1=O. The Hall–Kier alpha value is -1.10. The second-order valence-electron chi connectivity index (χ2n) is 6.72. The van der Waals surface area contributed by atoms with Crippen molar-refractivity contribution in [1.82, 2.24) is 10.2 Å². The van der Waals surface area contributed by atoms with E-state index in [-0.39, 0.29) is 29.2 Å². The normalized spacial score (nSPS) is 27.4. The van der Waals surface area contributed by atoms with Crippen molar-refractivity contribution in [3.63, 3.8) is 0 Å². The van der Waals surface area contributed by atoms with Crippen LogP contribution in [0.15, 0.2) is 0 Å². The Labute approximate surface area is 121 Å². The van der Waals surface area contributed by atoms with Crippen LogP contribution in [0.5, 0.6) is 0 Å². The van der Waals surface area contributed by atoms with Crippen LogP contribution < -0.4 is 5.32 Å². The summed E-state index contributed by atoms with van der Waals surface area (Å²) in [4.78, 5) is 26.3. The average Bonchev–Trinajstić information content (AvgIpc) is 2.52. The van der Waals surface area contributed by atoms with Gasteiger partial charge in [-0.3, -0.25) is 9.59 Å². The van der Waals surface area contributed by atoms with Gasteiger partial charge in [0.1, 0.15) is 6.04 Å². The van der Waals surface area contributed by atoms with Gasteiger partial charge in [0.25, 0.3) is 0 Å². The van der Waals surface area contributed by atoms with E-state index in [0.717, 1.165) is 32.6 Å². The molecule has 2 amide bonds. The van der Waals surface area contributed by atoms with E-state index in [4.69, 9.17) is 4.74 Å². The average molecular weight is 282 g/mol. The second-order valence-corrected chi connectivity index (χ2v) is 6.72. The Morgan fingerprint density at radius 2 is 2.00 bits per heavy atom. The molecule has 1 N–H and O–H groups in total. The number of carbonyl (C=O) groups is 2. The number of ether oxygens (including phenoxy) is 1. The van der Waals surface area contributed by atoms with Crippen molar-refractivity contribution < 1.29 is 14.3 Å². The minimum Gasteiger partial charge on any atom is -0.381 e. The zero-order valence-corrected chi connectivity index (χ0v) is 12.8. The third-order valence-corrected chi connectivity index (χ3v) is 4.44. The number of nitrogens with zero attached hydrogens (tertiary/aromatic N) is 1. The minimum absolute atomic E-state index is 0.0170. The van der Waals surface area contributed by atoms with Crippen molar-refractivity contribution in [1.29, 1.82) is 0 Å². The molecule has 0 aliphatic carbocycles. The van der Waals surface area contributed by atoms with Gasteiger partial charge in [-0.15, -0.1) is 0 Å². The minimum atomic E-state index is -0.381. The molecule has 1 atom stereocenters. The fraction of sp³-hybridized carbons (Fsp3) is 0.867. The summed E-state index contributed by atoms with van der Waals surface area (Å²) in [6.07, 6.45) is 2.36. The maximum absolute atomic E-state index is 12.6. The Balaban J connectivity index is 2.08. The number of carbonyl (C=O) groups excluding carboxylic acids is 2. The lowest BCUT2D eigenvalue weighted by molar-refractivity contribution is -0.137. The van der Waals surface area contributed by atoms with Gasteiger partial charge in [0.15, 0.2) is 0 Å². The van der Waals surface area contributed by atoms with E-state index in [1.807, 2.05) is 18.7 Å². The lowest BCUT2D eigenvalue weighted by atomic mass is 9.81. The van der Waals surface area contributed by atoms with Crippen LogP contribution in [0, 0.1) is 11.3 Å². The van der Waals surface area contributed by atoms with E-state index < -0.39 is 0 Å². The molecule has 2 aliphatic heterocycles. The van der Waals surface area contributed by atoms with Gasteiger partial charge in [0.05, 0.1) is 0 Å². The van der Waals surface area contributed by atoms with Gasteiger partial charge in [-0.05, 0) is 24.2 Å². The van der Waals surface area contributed by atoms with Gasteiger partial charge < -0.3 is 15.0 Å². The molecule has 0 saturated carbocycles. The van der Waals surface area contributed by atoms with Crippen LogP contribution in [0.3, 0.4) is 0 Å². The molecule has 2 heterocycles. The highest BCUT2D eigenvalue weighted by Crippen LogP contribution is 2.31. The first kappa shape index (κ1) is 15.3. The van der Waals surface area contributed by atoms with Gasteiger partial charge in [-0.2, -0.15) is 0 Å². The van der Waals surface area contributed by atoms with Crippen molar-refractivity contribution in [2.75, 3.05) is 26.3 Å². The van der Waals surface area contributed by atoms with Crippen LogP contribution in [0.2, 0.25) is 0 Å². The molecule has 0 spiro atoms. The quantitative estimate of drug-likeness (QED) is 0.845. The predicted molar refractivity (Wildman–Crippen MR) is 76.1 cm³/mol. The van der Waals surface area contributed by atoms with Crippen molar-refractivity contribution >= 4 is 11.8 Å². The standard InChI is InChI=1S/C15H26N2O3/c1-11(2)13-14(19)17(7-4-12(18)16-13)10-15(3)5-8-20-9-6-15/h11,13H,4-10H2,1-3H3,(H,16,18). The van der Waals surface area contributed by atoms with Crippen LogP contribution in [0.1, 0.15) is 40.0 Å². The number of rotatable bonds is 3. The van der Waals surface area contributed by atoms with E-state index in [2.05, 4.69) is 12.2 Å². The first-order valence-electron chi connectivity index (χ1n) is 7.57. The molecule has 20 heavy (non-hydrogen) atoms. The number of hydrogen-bond donors (Lipinski definition) is 1. The predicted octanol–water partition coefficient (Wildman–Crippen LogP) is 1.18. The second kappa shape index (κ2) is 6.12. The molecule has 2 saturated heterocycles. The van der Waals surface area contributed by atoms with E-state index >= 15 is 0 Å². The molecule has 0 aromatic rings. The lowest BCUT2D eigenvalue weighted by Gasteiger charge is -2.38. The van der Waals surface area contributed by atoms with Gasteiger partial charge >= 0.3 is 0 Å². The largest absolute Gasteiger partial charge is 0.381 e. The van der Waals surface area contributed by atoms with E-state index in [9.17, 15) is 9.59 Å². The van der Waals surface area contributed by atoms with Crippen LogP contribution in [0.4, 0.5) is 0 Å².